The fourth-order valence-corrected chi connectivity index (χ4v) is 2.42. The van der Waals surface area contributed by atoms with Crippen LogP contribution >= 0.6 is 0 Å². The molecule has 0 aliphatic heterocycles. The van der Waals surface area contributed by atoms with Gasteiger partial charge in [0.25, 0.3) is 0 Å². The molecule has 0 atom stereocenters. The third-order valence-corrected chi connectivity index (χ3v) is 3.22. The molecule has 3 nitrogen and oxygen atoms in total. The second-order valence-electron chi connectivity index (χ2n) is 5.19. The van der Waals surface area contributed by atoms with Crippen LogP contribution in [0.2, 0.25) is 0 Å². The van der Waals surface area contributed by atoms with Gasteiger partial charge < -0.3 is 14.9 Å². The molecule has 2 N–H and O–H groups in total. The lowest BCUT2D eigenvalue weighted by atomic mass is 10.1. The number of hydrogen-bond donors (Lipinski definition) is 2. The molecule has 0 heterocycles. The molecule has 21 heavy (non-hydrogen) atoms. The van der Waals surface area contributed by atoms with E-state index in [2.05, 4.69) is 32.0 Å². The van der Waals surface area contributed by atoms with Crippen molar-refractivity contribution in [2.45, 2.75) is 20.3 Å². The zero-order valence-corrected chi connectivity index (χ0v) is 12.6. The molecular formula is C18H20O3. The Labute approximate surface area is 125 Å². The highest BCUT2D eigenvalue weighted by atomic mass is 16.5. The Morgan fingerprint density at radius 3 is 2.05 bits per heavy atom. The molecule has 0 aromatic heterocycles. The van der Waals surface area contributed by atoms with Crippen LogP contribution in [0.3, 0.4) is 0 Å². The zero-order chi connectivity index (χ0) is 15.4. The number of aryl methyl sites for hydroxylation is 2. The average molecular weight is 284 g/mol. The highest BCUT2D eigenvalue weighted by molar-refractivity contribution is 5.55. The maximum absolute atomic E-state index is 9.75. The van der Waals surface area contributed by atoms with Gasteiger partial charge in [-0.15, -0.1) is 0 Å². The topological polar surface area (TPSA) is 49.7 Å². The Morgan fingerprint density at radius 2 is 1.52 bits per heavy atom. The van der Waals surface area contributed by atoms with Gasteiger partial charge in [-0.1, -0.05) is 41.5 Å². The van der Waals surface area contributed by atoms with Gasteiger partial charge in [0.2, 0.25) is 5.75 Å². The van der Waals surface area contributed by atoms with Crippen molar-refractivity contribution >= 4 is 6.08 Å². The Morgan fingerprint density at radius 1 is 0.952 bits per heavy atom. The predicted octanol–water partition coefficient (Wildman–Crippen LogP) is 3.98. The molecule has 2 rings (SSSR count). The van der Waals surface area contributed by atoms with Gasteiger partial charge in [-0.05, 0) is 43.5 Å². The summed E-state index contributed by atoms with van der Waals surface area (Å²) in [7, 11) is 1.41. The first-order valence-corrected chi connectivity index (χ1v) is 6.83. The quantitative estimate of drug-likeness (QED) is 0.893. The monoisotopic (exact) mass is 284 g/mol. The summed E-state index contributed by atoms with van der Waals surface area (Å²) in [6.07, 6.45) is 4.67. The summed E-state index contributed by atoms with van der Waals surface area (Å²) in [6, 6.07) is 9.57. The maximum atomic E-state index is 9.75. The molecule has 2 aromatic carbocycles. The first kappa shape index (κ1) is 15.0. The lowest BCUT2D eigenvalue weighted by molar-refractivity contribution is 0.344. The van der Waals surface area contributed by atoms with Crippen molar-refractivity contribution < 1.29 is 14.9 Å². The number of rotatable bonds is 4. The van der Waals surface area contributed by atoms with Gasteiger partial charge in [-0.3, -0.25) is 0 Å². The van der Waals surface area contributed by atoms with Gasteiger partial charge in [0, 0.05) is 0 Å². The van der Waals surface area contributed by atoms with Gasteiger partial charge in [0.15, 0.2) is 11.5 Å². The van der Waals surface area contributed by atoms with E-state index in [-0.39, 0.29) is 17.2 Å². The minimum Gasteiger partial charge on any atom is -0.504 e. The zero-order valence-electron chi connectivity index (χ0n) is 12.6. The van der Waals surface area contributed by atoms with E-state index in [1.54, 1.807) is 12.1 Å². The predicted molar refractivity (Wildman–Crippen MR) is 85.0 cm³/mol. The molecule has 0 aliphatic rings. The smallest absolute Gasteiger partial charge is 0.202 e. The van der Waals surface area contributed by atoms with Gasteiger partial charge in [0.1, 0.15) is 0 Å². The molecular weight excluding hydrogens is 264 g/mol. The summed E-state index contributed by atoms with van der Waals surface area (Å²) in [6.45, 7) is 4.15. The molecule has 110 valence electrons. The lowest BCUT2D eigenvalue weighted by Gasteiger charge is -2.07. The Bertz CT molecular complexity index is 629. The average Bonchev–Trinajstić information content (AvgIpc) is 2.37. The largest absolute Gasteiger partial charge is 0.504 e. The van der Waals surface area contributed by atoms with E-state index in [0.717, 1.165) is 11.1 Å². The number of methoxy groups -OCH3 is 1. The minimum absolute atomic E-state index is 0.0488. The molecule has 0 unspecified atom stereocenters. The van der Waals surface area contributed by atoms with Crippen LogP contribution in [-0.4, -0.2) is 17.3 Å². The Balaban J connectivity index is 2.14. The van der Waals surface area contributed by atoms with E-state index in [1.165, 1.54) is 18.2 Å². The van der Waals surface area contributed by atoms with Gasteiger partial charge in [-0.25, -0.2) is 0 Å². The van der Waals surface area contributed by atoms with Crippen LogP contribution in [0, 0.1) is 13.8 Å². The fourth-order valence-electron chi connectivity index (χ4n) is 2.42. The third kappa shape index (κ3) is 3.78. The number of benzene rings is 2. The number of hydrogen-bond acceptors (Lipinski definition) is 3. The third-order valence-electron chi connectivity index (χ3n) is 3.22. The summed E-state index contributed by atoms with van der Waals surface area (Å²) in [5.74, 6) is 0.0108. The lowest BCUT2D eigenvalue weighted by Crippen LogP contribution is -1.88. The van der Waals surface area contributed by atoms with E-state index < -0.39 is 0 Å². The molecule has 0 radical (unpaired) electrons. The van der Waals surface area contributed by atoms with Crippen LogP contribution in [0.4, 0.5) is 0 Å². The van der Waals surface area contributed by atoms with Gasteiger partial charge in [-0.2, -0.15) is 0 Å². The van der Waals surface area contributed by atoms with E-state index in [9.17, 15) is 10.2 Å². The molecule has 3 heteroatoms. The fraction of sp³-hybridized carbons (Fsp3) is 0.222. The second kappa shape index (κ2) is 6.35. The van der Waals surface area contributed by atoms with Gasteiger partial charge in [0.05, 0.1) is 7.11 Å². The summed E-state index contributed by atoms with van der Waals surface area (Å²) >= 11 is 0. The minimum atomic E-state index is -0.0488. The van der Waals surface area contributed by atoms with Crippen LogP contribution in [-0.2, 0) is 6.42 Å². The molecule has 0 bridgehead atoms. The molecule has 0 amide bonds. The first-order valence-electron chi connectivity index (χ1n) is 6.83. The number of aromatic hydroxyl groups is 2. The number of ether oxygens (including phenoxy) is 1. The van der Waals surface area contributed by atoms with Crippen LogP contribution < -0.4 is 4.74 Å². The van der Waals surface area contributed by atoms with Crippen molar-refractivity contribution in [1.29, 1.82) is 0 Å². The van der Waals surface area contributed by atoms with Crippen molar-refractivity contribution in [3.05, 3.63) is 58.7 Å². The highest BCUT2D eigenvalue weighted by Crippen LogP contribution is 2.36. The maximum Gasteiger partial charge on any atom is 0.202 e. The van der Waals surface area contributed by atoms with Gasteiger partial charge >= 0.3 is 0 Å². The van der Waals surface area contributed by atoms with E-state index in [4.69, 9.17) is 4.74 Å². The van der Waals surface area contributed by atoms with Crippen molar-refractivity contribution in [3.63, 3.8) is 0 Å². The first-order chi connectivity index (χ1) is 9.99. The standard InChI is InChI=1S/C18H20O3/c1-12-7-13(2)9-14(8-12)5-4-6-15-10-16(19)18(21-3)17(20)11-15/h4-5,7-11,19-20H,6H2,1-3H3. The van der Waals surface area contributed by atoms with Crippen molar-refractivity contribution in [3.8, 4) is 17.2 Å². The Kier molecular flexibility index (Phi) is 4.53. The van der Waals surface area contributed by atoms with E-state index in [1.807, 2.05) is 12.2 Å². The summed E-state index contributed by atoms with van der Waals surface area (Å²) in [4.78, 5) is 0. The molecule has 0 saturated heterocycles. The number of allylic oxidation sites excluding steroid dienone is 1. The van der Waals surface area contributed by atoms with Crippen LogP contribution in [0.1, 0.15) is 22.3 Å². The van der Waals surface area contributed by atoms with E-state index in [0.29, 0.717) is 6.42 Å². The number of phenolic OH excluding ortho intramolecular Hbond substituents is 2. The summed E-state index contributed by atoms with van der Waals surface area (Å²) < 4.78 is 4.91. The van der Waals surface area contributed by atoms with Crippen molar-refractivity contribution in [1.82, 2.24) is 0 Å². The molecule has 0 saturated carbocycles. The van der Waals surface area contributed by atoms with Crippen molar-refractivity contribution in [2.75, 3.05) is 7.11 Å². The van der Waals surface area contributed by atoms with E-state index >= 15 is 0 Å². The normalized spacial score (nSPS) is 11.0. The van der Waals surface area contributed by atoms with Crippen molar-refractivity contribution in [2.24, 2.45) is 0 Å². The molecule has 0 aliphatic carbocycles. The summed E-state index contributed by atoms with van der Waals surface area (Å²) in [5.41, 5.74) is 4.43. The Hall–Kier alpha value is -2.42. The highest BCUT2D eigenvalue weighted by Gasteiger charge is 2.09. The van der Waals surface area contributed by atoms with Crippen LogP contribution in [0.25, 0.3) is 6.08 Å². The van der Waals surface area contributed by atoms with Crippen LogP contribution in [0.15, 0.2) is 36.4 Å². The molecule has 0 spiro atoms. The molecule has 0 fully saturated rings. The number of phenols is 2. The van der Waals surface area contributed by atoms with Crippen LogP contribution in [0.5, 0.6) is 17.2 Å². The SMILES string of the molecule is COc1c(O)cc(CC=Cc2cc(C)cc(C)c2)cc1O. The second-order valence-corrected chi connectivity index (χ2v) is 5.19. The molecule has 2 aromatic rings. The summed E-state index contributed by atoms with van der Waals surface area (Å²) in [5, 5.41) is 19.5.